The maximum absolute atomic E-state index is 12.7. The van der Waals surface area contributed by atoms with Crippen LogP contribution in [0.3, 0.4) is 0 Å². The van der Waals surface area contributed by atoms with Crippen molar-refractivity contribution in [1.29, 1.82) is 0 Å². The maximum Gasteiger partial charge on any atom is 0.417 e. The Balaban J connectivity index is 1.81. The molecule has 0 spiro atoms. The predicted octanol–water partition coefficient (Wildman–Crippen LogP) is 2.45. The number of hydrogen-bond acceptors (Lipinski definition) is 6. The van der Waals surface area contributed by atoms with Crippen LogP contribution in [0.5, 0.6) is 0 Å². The summed E-state index contributed by atoms with van der Waals surface area (Å²) in [4.78, 5) is 22.6. The van der Waals surface area contributed by atoms with Crippen molar-refractivity contribution >= 4 is 5.82 Å². The Morgan fingerprint density at radius 2 is 2.08 bits per heavy atom. The summed E-state index contributed by atoms with van der Waals surface area (Å²) in [5.74, 6) is 0.816. The van der Waals surface area contributed by atoms with Gasteiger partial charge in [-0.25, -0.2) is 9.97 Å². The second-order valence-electron chi connectivity index (χ2n) is 4.76. The first-order chi connectivity index (χ1) is 11.4. The Hall–Kier alpha value is -3.17. The smallest absolute Gasteiger partial charge is 0.382 e. The van der Waals surface area contributed by atoms with E-state index in [2.05, 4.69) is 25.4 Å². The number of alkyl halides is 3. The van der Waals surface area contributed by atoms with Crippen molar-refractivity contribution < 1.29 is 17.7 Å². The molecule has 7 nitrogen and oxygen atoms in total. The fourth-order valence-electron chi connectivity index (χ4n) is 1.90. The number of hydrogen-bond donors (Lipinski definition) is 2. The van der Waals surface area contributed by atoms with Gasteiger partial charge in [0.05, 0.1) is 12.1 Å². The fourth-order valence-corrected chi connectivity index (χ4v) is 1.90. The maximum atomic E-state index is 12.7. The van der Waals surface area contributed by atoms with Crippen LogP contribution in [0.2, 0.25) is 0 Å². The SMILES string of the molecule is O=c1cc(CNc2ccnc(-c3cncc(C(F)(F)F)c3)n2)o[nH]1. The predicted molar refractivity (Wildman–Crippen MR) is 76.9 cm³/mol. The average Bonchev–Trinajstić information content (AvgIpc) is 2.98. The molecule has 0 saturated carbocycles. The highest BCUT2D eigenvalue weighted by Crippen LogP contribution is 2.30. The molecule has 0 unspecified atom stereocenters. The van der Waals surface area contributed by atoms with Gasteiger partial charge < -0.3 is 9.84 Å². The van der Waals surface area contributed by atoms with Gasteiger partial charge in [0, 0.05) is 30.2 Å². The molecule has 0 aromatic carbocycles. The van der Waals surface area contributed by atoms with Crippen LogP contribution in [0.4, 0.5) is 19.0 Å². The van der Waals surface area contributed by atoms with Gasteiger partial charge in [0.25, 0.3) is 5.56 Å². The lowest BCUT2D eigenvalue weighted by Crippen LogP contribution is -2.06. The molecule has 0 aliphatic heterocycles. The minimum Gasteiger partial charge on any atom is -0.382 e. The molecular formula is C14H10F3N5O2. The molecular weight excluding hydrogens is 327 g/mol. The summed E-state index contributed by atoms with van der Waals surface area (Å²) < 4.78 is 43.1. The molecule has 0 bridgehead atoms. The number of aromatic amines is 1. The van der Waals surface area contributed by atoms with Crippen LogP contribution < -0.4 is 10.9 Å². The highest BCUT2D eigenvalue weighted by Gasteiger charge is 2.31. The van der Waals surface area contributed by atoms with Gasteiger partial charge in [0.1, 0.15) is 5.82 Å². The van der Waals surface area contributed by atoms with Crippen LogP contribution >= 0.6 is 0 Å². The molecule has 3 aromatic rings. The van der Waals surface area contributed by atoms with E-state index in [1.165, 1.54) is 24.5 Å². The van der Waals surface area contributed by atoms with Crippen LogP contribution in [-0.4, -0.2) is 20.1 Å². The molecule has 3 aromatic heterocycles. The van der Waals surface area contributed by atoms with Crippen molar-refractivity contribution in [3.8, 4) is 11.4 Å². The Morgan fingerprint density at radius 1 is 1.25 bits per heavy atom. The van der Waals surface area contributed by atoms with Crippen molar-refractivity contribution in [2.45, 2.75) is 12.7 Å². The molecule has 0 amide bonds. The van der Waals surface area contributed by atoms with E-state index >= 15 is 0 Å². The molecule has 24 heavy (non-hydrogen) atoms. The Morgan fingerprint density at radius 3 is 2.79 bits per heavy atom. The summed E-state index contributed by atoms with van der Waals surface area (Å²) >= 11 is 0. The van der Waals surface area contributed by atoms with E-state index in [-0.39, 0.29) is 23.5 Å². The summed E-state index contributed by atoms with van der Waals surface area (Å²) in [6.07, 6.45) is -1.11. The van der Waals surface area contributed by atoms with Gasteiger partial charge in [-0.15, -0.1) is 0 Å². The average molecular weight is 337 g/mol. The van der Waals surface area contributed by atoms with Crippen LogP contribution in [0.1, 0.15) is 11.3 Å². The van der Waals surface area contributed by atoms with Gasteiger partial charge in [0.2, 0.25) is 0 Å². The first-order valence-electron chi connectivity index (χ1n) is 6.69. The molecule has 0 aliphatic rings. The van der Waals surface area contributed by atoms with Crippen LogP contribution in [0.15, 0.2) is 46.1 Å². The van der Waals surface area contributed by atoms with Crippen molar-refractivity contribution in [1.82, 2.24) is 20.1 Å². The number of H-pyrrole nitrogens is 1. The van der Waals surface area contributed by atoms with Crippen molar-refractivity contribution in [2.24, 2.45) is 0 Å². The molecule has 0 saturated heterocycles. The summed E-state index contributed by atoms with van der Waals surface area (Å²) in [6, 6.07) is 3.73. The van der Waals surface area contributed by atoms with E-state index in [0.29, 0.717) is 11.6 Å². The van der Waals surface area contributed by atoms with Gasteiger partial charge >= 0.3 is 6.18 Å². The van der Waals surface area contributed by atoms with E-state index in [0.717, 1.165) is 12.3 Å². The third-order valence-electron chi connectivity index (χ3n) is 3.00. The minimum absolute atomic E-state index is 0.0918. The number of nitrogens with zero attached hydrogens (tertiary/aromatic N) is 3. The van der Waals surface area contributed by atoms with Crippen molar-refractivity contribution in [3.05, 3.63) is 58.5 Å². The summed E-state index contributed by atoms with van der Waals surface area (Å²) in [5.41, 5.74) is -1.11. The number of rotatable bonds is 4. The number of pyridine rings is 1. The standard InChI is InChI=1S/C14H10F3N5O2/c15-14(16,17)9-3-8(5-18-6-9)13-19-2-1-11(21-13)20-7-10-4-12(23)22-24-10/h1-6H,7H2,(H,22,23)(H,19,20,21). The zero-order valence-corrected chi connectivity index (χ0v) is 12.0. The van der Waals surface area contributed by atoms with Crippen molar-refractivity contribution in [2.75, 3.05) is 5.32 Å². The molecule has 0 fully saturated rings. The first-order valence-corrected chi connectivity index (χ1v) is 6.69. The fraction of sp³-hybridized carbons (Fsp3) is 0.143. The van der Waals surface area contributed by atoms with Crippen LogP contribution in [0, 0.1) is 0 Å². The van der Waals surface area contributed by atoms with Crippen LogP contribution in [-0.2, 0) is 12.7 Å². The van der Waals surface area contributed by atoms with Gasteiger partial charge in [0.15, 0.2) is 11.6 Å². The number of anilines is 1. The molecule has 124 valence electrons. The second-order valence-corrected chi connectivity index (χ2v) is 4.76. The minimum atomic E-state index is -4.50. The van der Waals surface area contributed by atoms with Gasteiger partial charge in [-0.1, -0.05) is 0 Å². The van der Waals surface area contributed by atoms with Crippen molar-refractivity contribution in [3.63, 3.8) is 0 Å². The number of nitrogens with one attached hydrogen (secondary N) is 2. The zero-order chi connectivity index (χ0) is 17.2. The quantitative estimate of drug-likeness (QED) is 0.759. The third-order valence-corrected chi connectivity index (χ3v) is 3.00. The normalized spacial score (nSPS) is 11.5. The third kappa shape index (κ3) is 3.59. The Labute approximate surface area is 132 Å². The summed E-state index contributed by atoms with van der Waals surface area (Å²) in [6.45, 7) is 0.177. The van der Waals surface area contributed by atoms with E-state index in [1.54, 1.807) is 0 Å². The van der Waals surface area contributed by atoms with Gasteiger partial charge in [-0.05, 0) is 12.1 Å². The lowest BCUT2D eigenvalue weighted by atomic mass is 10.2. The largest absolute Gasteiger partial charge is 0.417 e. The van der Waals surface area contributed by atoms with E-state index in [1.807, 2.05) is 0 Å². The number of aromatic nitrogens is 4. The molecule has 0 atom stereocenters. The lowest BCUT2D eigenvalue weighted by molar-refractivity contribution is -0.137. The molecule has 0 radical (unpaired) electrons. The van der Waals surface area contributed by atoms with E-state index in [9.17, 15) is 18.0 Å². The number of halogens is 3. The lowest BCUT2D eigenvalue weighted by Gasteiger charge is -2.08. The van der Waals surface area contributed by atoms with E-state index < -0.39 is 11.7 Å². The monoisotopic (exact) mass is 337 g/mol. The van der Waals surface area contributed by atoms with Gasteiger partial charge in [-0.3, -0.25) is 9.78 Å². The first kappa shape index (κ1) is 15.7. The van der Waals surface area contributed by atoms with Crippen LogP contribution in [0.25, 0.3) is 11.4 Å². The van der Waals surface area contributed by atoms with E-state index in [4.69, 9.17) is 4.52 Å². The Bertz CT molecular complexity index is 903. The van der Waals surface area contributed by atoms with Gasteiger partial charge in [-0.2, -0.15) is 18.3 Å². The second kappa shape index (κ2) is 6.14. The molecule has 10 heteroatoms. The Kier molecular flexibility index (Phi) is 4.02. The highest BCUT2D eigenvalue weighted by molar-refractivity contribution is 5.56. The zero-order valence-electron chi connectivity index (χ0n) is 12.0. The topological polar surface area (TPSA) is 96.7 Å². The molecule has 3 rings (SSSR count). The molecule has 2 N–H and O–H groups in total. The molecule has 0 aliphatic carbocycles. The molecule has 3 heterocycles. The summed E-state index contributed by atoms with van der Waals surface area (Å²) in [5, 5.41) is 5.03. The highest BCUT2D eigenvalue weighted by atomic mass is 19.4. The summed E-state index contributed by atoms with van der Waals surface area (Å²) in [7, 11) is 0.